The van der Waals surface area contributed by atoms with Gasteiger partial charge in [0, 0.05) is 12.8 Å². The highest BCUT2D eigenvalue weighted by Gasteiger charge is 2.33. The zero-order chi connectivity index (χ0) is 9.84. The molecule has 0 heterocycles. The van der Waals surface area contributed by atoms with Gasteiger partial charge in [-0.3, -0.25) is 9.59 Å². The molecular formula is C8H11NO4. The van der Waals surface area contributed by atoms with Gasteiger partial charge < -0.3 is 10.4 Å². The Balaban J connectivity index is 2.59. The van der Waals surface area contributed by atoms with Gasteiger partial charge in [-0.1, -0.05) is 0 Å². The number of amides is 1. The maximum atomic E-state index is 10.9. The summed E-state index contributed by atoms with van der Waals surface area (Å²) in [5.41, 5.74) is 0. The summed E-state index contributed by atoms with van der Waals surface area (Å²) in [5.74, 6) is -1.24. The monoisotopic (exact) mass is 185 g/mol. The van der Waals surface area contributed by atoms with Crippen LogP contribution in [0.3, 0.4) is 0 Å². The highest BCUT2D eigenvalue weighted by atomic mass is 16.4. The largest absolute Gasteiger partial charge is 0.480 e. The first-order valence-corrected chi connectivity index (χ1v) is 4.09. The third kappa shape index (κ3) is 2.27. The number of carboxylic acid groups (broad SMARTS) is 1. The van der Waals surface area contributed by atoms with Crippen LogP contribution in [0.2, 0.25) is 0 Å². The minimum atomic E-state index is -1.08. The standard InChI is InChI=1S/C8H11NO4/c10-4-9-7(8(12)13)5-1-2-6(11)3-5/h4-5,7H,1-3H2,(H,9,10)(H,12,13). The number of hydrogen-bond donors (Lipinski definition) is 2. The van der Waals surface area contributed by atoms with Gasteiger partial charge in [0.2, 0.25) is 6.41 Å². The maximum Gasteiger partial charge on any atom is 0.326 e. The zero-order valence-electron chi connectivity index (χ0n) is 7.03. The average molecular weight is 185 g/mol. The predicted molar refractivity (Wildman–Crippen MR) is 43.0 cm³/mol. The normalized spacial score (nSPS) is 24.0. The smallest absolute Gasteiger partial charge is 0.326 e. The molecule has 1 aliphatic rings. The van der Waals surface area contributed by atoms with Crippen LogP contribution in [0.1, 0.15) is 19.3 Å². The molecule has 0 aromatic carbocycles. The van der Waals surface area contributed by atoms with Crippen LogP contribution >= 0.6 is 0 Å². The first kappa shape index (κ1) is 9.70. The Bertz CT molecular complexity index is 238. The van der Waals surface area contributed by atoms with Crippen molar-refractivity contribution >= 4 is 18.2 Å². The SMILES string of the molecule is O=CNC(C(=O)O)C1CCC(=O)C1. The molecule has 0 aromatic heterocycles. The van der Waals surface area contributed by atoms with Gasteiger partial charge in [-0.15, -0.1) is 0 Å². The van der Waals surface area contributed by atoms with E-state index in [1.54, 1.807) is 0 Å². The fourth-order valence-electron chi connectivity index (χ4n) is 1.61. The van der Waals surface area contributed by atoms with Gasteiger partial charge >= 0.3 is 5.97 Å². The van der Waals surface area contributed by atoms with Crippen LogP contribution in [0.5, 0.6) is 0 Å². The molecule has 0 bridgehead atoms. The molecule has 0 radical (unpaired) electrons. The number of hydrogen-bond acceptors (Lipinski definition) is 3. The summed E-state index contributed by atoms with van der Waals surface area (Å²) in [6.07, 6.45) is 1.60. The van der Waals surface area contributed by atoms with E-state index in [9.17, 15) is 14.4 Å². The van der Waals surface area contributed by atoms with Crippen LogP contribution in [0.25, 0.3) is 0 Å². The summed E-state index contributed by atoms with van der Waals surface area (Å²) in [6.45, 7) is 0. The van der Waals surface area contributed by atoms with Crippen LogP contribution < -0.4 is 5.32 Å². The fourth-order valence-corrected chi connectivity index (χ4v) is 1.61. The van der Waals surface area contributed by atoms with E-state index in [0.717, 1.165) is 0 Å². The third-order valence-corrected chi connectivity index (χ3v) is 2.27. The summed E-state index contributed by atoms with van der Waals surface area (Å²) >= 11 is 0. The van der Waals surface area contributed by atoms with Gasteiger partial charge in [0.1, 0.15) is 11.8 Å². The molecule has 1 fully saturated rings. The van der Waals surface area contributed by atoms with Crippen molar-refractivity contribution < 1.29 is 19.5 Å². The Morgan fingerprint density at radius 1 is 1.69 bits per heavy atom. The lowest BCUT2D eigenvalue weighted by Crippen LogP contribution is -2.41. The Morgan fingerprint density at radius 3 is 2.77 bits per heavy atom. The van der Waals surface area contributed by atoms with Crippen molar-refractivity contribution in [2.75, 3.05) is 0 Å². The van der Waals surface area contributed by atoms with E-state index in [1.165, 1.54) is 0 Å². The molecule has 0 spiro atoms. The van der Waals surface area contributed by atoms with Crippen LogP contribution in [-0.2, 0) is 14.4 Å². The second kappa shape index (κ2) is 4.02. The van der Waals surface area contributed by atoms with Crippen molar-refractivity contribution in [1.82, 2.24) is 5.32 Å². The van der Waals surface area contributed by atoms with Crippen molar-refractivity contribution in [2.45, 2.75) is 25.3 Å². The maximum absolute atomic E-state index is 10.9. The average Bonchev–Trinajstić information content (AvgIpc) is 2.46. The number of carbonyl (C=O) groups is 3. The summed E-state index contributed by atoms with van der Waals surface area (Å²) < 4.78 is 0. The molecule has 5 nitrogen and oxygen atoms in total. The van der Waals surface area contributed by atoms with E-state index in [0.29, 0.717) is 19.3 Å². The fraction of sp³-hybridized carbons (Fsp3) is 0.625. The lowest BCUT2D eigenvalue weighted by molar-refractivity contribution is -0.142. The molecule has 0 aromatic rings. The lowest BCUT2D eigenvalue weighted by Gasteiger charge is -2.16. The van der Waals surface area contributed by atoms with E-state index in [1.807, 2.05) is 0 Å². The number of aliphatic carboxylic acids is 1. The van der Waals surface area contributed by atoms with Gasteiger partial charge in [0.05, 0.1) is 0 Å². The Kier molecular flexibility index (Phi) is 3.00. The van der Waals surface area contributed by atoms with E-state index < -0.39 is 12.0 Å². The molecule has 0 saturated heterocycles. The highest BCUT2D eigenvalue weighted by Crippen LogP contribution is 2.25. The molecule has 0 aliphatic heterocycles. The molecular weight excluding hydrogens is 174 g/mol. The molecule has 2 unspecified atom stereocenters. The molecule has 1 rings (SSSR count). The van der Waals surface area contributed by atoms with Gasteiger partial charge in [-0.05, 0) is 12.3 Å². The molecule has 1 aliphatic carbocycles. The van der Waals surface area contributed by atoms with Crippen LogP contribution in [-0.4, -0.2) is 29.3 Å². The van der Waals surface area contributed by atoms with Crippen LogP contribution in [0.15, 0.2) is 0 Å². The van der Waals surface area contributed by atoms with Gasteiger partial charge in [-0.25, -0.2) is 4.79 Å². The number of ketones is 1. The quantitative estimate of drug-likeness (QED) is 0.581. The number of carboxylic acids is 1. The second-order valence-electron chi connectivity index (χ2n) is 3.14. The van der Waals surface area contributed by atoms with Gasteiger partial charge in [0.25, 0.3) is 0 Å². The van der Waals surface area contributed by atoms with E-state index >= 15 is 0 Å². The third-order valence-electron chi connectivity index (χ3n) is 2.27. The van der Waals surface area contributed by atoms with E-state index in [2.05, 4.69) is 5.32 Å². The molecule has 13 heavy (non-hydrogen) atoms. The topological polar surface area (TPSA) is 83.5 Å². The molecule has 2 atom stereocenters. The van der Waals surface area contributed by atoms with Crippen LogP contribution in [0, 0.1) is 5.92 Å². The van der Waals surface area contributed by atoms with Crippen molar-refractivity contribution in [3.05, 3.63) is 0 Å². The first-order chi connectivity index (χ1) is 6.15. The summed E-state index contributed by atoms with van der Waals surface area (Å²) in [5, 5.41) is 10.9. The Labute approximate surface area is 75.1 Å². The number of carbonyl (C=O) groups excluding carboxylic acids is 2. The zero-order valence-corrected chi connectivity index (χ0v) is 7.03. The van der Waals surface area contributed by atoms with Crippen molar-refractivity contribution in [3.8, 4) is 0 Å². The minimum Gasteiger partial charge on any atom is -0.480 e. The molecule has 72 valence electrons. The second-order valence-corrected chi connectivity index (χ2v) is 3.14. The number of rotatable bonds is 4. The number of Topliss-reactive ketones (excluding diaryl/α,β-unsaturated/α-hetero) is 1. The highest BCUT2D eigenvalue weighted by molar-refractivity contribution is 5.83. The summed E-state index contributed by atoms with van der Waals surface area (Å²) in [4.78, 5) is 31.6. The first-order valence-electron chi connectivity index (χ1n) is 4.09. The molecule has 1 amide bonds. The van der Waals surface area contributed by atoms with E-state index in [-0.39, 0.29) is 18.1 Å². The van der Waals surface area contributed by atoms with Crippen molar-refractivity contribution in [1.29, 1.82) is 0 Å². The lowest BCUT2D eigenvalue weighted by atomic mass is 9.98. The molecule has 5 heteroatoms. The van der Waals surface area contributed by atoms with Gasteiger partial charge in [0.15, 0.2) is 0 Å². The molecule has 1 saturated carbocycles. The Morgan fingerprint density at radius 2 is 2.38 bits per heavy atom. The number of nitrogens with one attached hydrogen (secondary N) is 1. The minimum absolute atomic E-state index is 0.0731. The predicted octanol–water partition coefficient (Wildman–Crippen LogP) is -0.445. The van der Waals surface area contributed by atoms with Crippen LogP contribution in [0.4, 0.5) is 0 Å². The van der Waals surface area contributed by atoms with Gasteiger partial charge in [-0.2, -0.15) is 0 Å². The van der Waals surface area contributed by atoms with Crippen molar-refractivity contribution in [2.24, 2.45) is 5.92 Å². The van der Waals surface area contributed by atoms with E-state index in [4.69, 9.17) is 5.11 Å². The molecule has 2 N–H and O–H groups in total. The Hall–Kier alpha value is -1.39. The summed E-state index contributed by atoms with van der Waals surface area (Å²) in [6, 6.07) is -0.913. The summed E-state index contributed by atoms with van der Waals surface area (Å²) in [7, 11) is 0. The van der Waals surface area contributed by atoms with Crippen molar-refractivity contribution in [3.63, 3.8) is 0 Å².